The van der Waals surface area contributed by atoms with Crippen molar-refractivity contribution in [3.63, 3.8) is 0 Å². The molecule has 0 aliphatic carbocycles. The van der Waals surface area contributed by atoms with E-state index in [1.54, 1.807) is 10.7 Å². The first-order chi connectivity index (χ1) is 12.1. The first-order valence-corrected chi connectivity index (χ1v) is 8.90. The van der Waals surface area contributed by atoms with Crippen LogP contribution in [-0.4, -0.2) is 64.5 Å². The zero-order valence-corrected chi connectivity index (χ0v) is 15.0. The Morgan fingerprint density at radius 3 is 2.84 bits per heavy atom. The number of nitrogens with zero attached hydrogens (tertiary/aromatic N) is 4. The number of hydrogen-bond donors (Lipinski definition) is 1. The maximum absolute atomic E-state index is 13.4. The van der Waals surface area contributed by atoms with Crippen LogP contribution in [0.15, 0.2) is 36.7 Å². The van der Waals surface area contributed by atoms with Crippen LogP contribution in [0, 0.1) is 17.7 Å². The predicted octanol–water partition coefficient (Wildman–Crippen LogP) is 2.00. The van der Waals surface area contributed by atoms with Crippen LogP contribution in [0.2, 0.25) is 0 Å². The van der Waals surface area contributed by atoms with Gasteiger partial charge in [-0.25, -0.2) is 9.07 Å². The van der Waals surface area contributed by atoms with E-state index in [0.29, 0.717) is 11.8 Å². The molecule has 3 rings (SSSR count). The monoisotopic (exact) mass is 346 g/mol. The Morgan fingerprint density at radius 2 is 2.12 bits per heavy atom. The molecule has 0 spiro atoms. The summed E-state index contributed by atoms with van der Waals surface area (Å²) in [5.74, 6) is 0.559. The summed E-state index contributed by atoms with van der Waals surface area (Å²) in [6.07, 6.45) is 3.79. The highest BCUT2D eigenvalue weighted by molar-refractivity contribution is 5.31. The summed E-state index contributed by atoms with van der Waals surface area (Å²) in [6, 6.07) is 6.44. The first-order valence-electron chi connectivity index (χ1n) is 8.90. The van der Waals surface area contributed by atoms with E-state index < -0.39 is 0 Å². The van der Waals surface area contributed by atoms with E-state index in [2.05, 4.69) is 28.9 Å². The van der Waals surface area contributed by atoms with Crippen LogP contribution in [0.3, 0.4) is 0 Å². The molecule has 0 radical (unpaired) electrons. The fraction of sp³-hybridized carbons (Fsp3) is 0.526. The number of halogens is 1. The van der Waals surface area contributed by atoms with Crippen LogP contribution in [-0.2, 0) is 6.54 Å². The number of aliphatic hydroxyl groups excluding tert-OH is 1. The van der Waals surface area contributed by atoms with Gasteiger partial charge in [0.15, 0.2) is 0 Å². The topological polar surface area (TPSA) is 44.5 Å². The third kappa shape index (κ3) is 4.45. The van der Waals surface area contributed by atoms with Gasteiger partial charge in [0.1, 0.15) is 5.82 Å². The molecule has 136 valence electrons. The summed E-state index contributed by atoms with van der Waals surface area (Å²) in [4.78, 5) is 4.68. The Kier molecular flexibility index (Phi) is 5.83. The Labute approximate surface area is 148 Å². The first kappa shape index (κ1) is 18.0. The summed E-state index contributed by atoms with van der Waals surface area (Å²) in [5.41, 5.74) is 1.83. The molecule has 2 aromatic rings. The van der Waals surface area contributed by atoms with Gasteiger partial charge in [-0.15, -0.1) is 0 Å². The van der Waals surface area contributed by atoms with Gasteiger partial charge in [-0.2, -0.15) is 5.10 Å². The van der Waals surface area contributed by atoms with Crippen molar-refractivity contribution < 1.29 is 9.50 Å². The number of rotatable bonds is 7. The highest BCUT2D eigenvalue weighted by Crippen LogP contribution is 2.25. The van der Waals surface area contributed by atoms with Crippen molar-refractivity contribution in [1.29, 1.82) is 0 Å². The van der Waals surface area contributed by atoms with Crippen molar-refractivity contribution in [3.8, 4) is 5.69 Å². The summed E-state index contributed by atoms with van der Waals surface area (Å²) in [6.45, 7) is 7.13. The lowest BCUT2D eigenvalue weighted by molar-refractivity contribution is 0.177. The summed E-state index contributed by atoms with van der Waals surface area (Å²) in [7, 11) is 2.13. The van der Waals surface area contributed by atoms with E-state index in [1.165, 1.54) is 12.1 Å². The largest absolute Gasteiger partial charge is 0.396 e. The number of benzene rings is 1. The second-order valence-corrected chi connectivity index (χ2v) is 7.02. The third-order valence-electron chi connectivity index (χ3n) is 5.09. The number of likely N-dealkylation sites (tertiary alicyclic amines) is 1. The average molecular weight is 346 g/mol. The van der Waals surface area contributed by atoms with Gasteiger partial charge >= 0.3 is 0 Å². The van der Waals surface area contributed by atoms with Crippen LogP contribution in [0.25, 0.3) is 5.69 Å². The fourth-order valence-corrected chi connectivity index (χ4v) is 3.57. The fourth-order valence-electron chi connectivity index (χ4n) is 3.57. The Bertz CT molecular complexity index is 690. The molecule has 0 saturated carbocycles. The molecule has 0 amide bonds. The lowest BCUT2D eigenvalue weighted by Crippen LogP contribution is -2.31. The molecule has 5 nitrogen and oxygen atoms in total. The van der Waals surface area contributed by atoms with Crippen molar-refractivity contribution in [2.45, 2.75) is 13.5 Å². The molecule has 2 heterocycles. The summed E-state index contributed by atoms with van der Waals surface area (Å²) < 4.78 is 15.1. The van der Waals surface area contributed by atoms with Gasteiger partial charge in [0.05, 0.1) is 11.9 Å². The number of aromatic nitrogens is 2. The molecule has 1 aromatic heterocycles. The number of aliphatic hydroxyl groups is 1. The van der Waals surface area contributed by atoms with Crippen LogP contribution in [0.1, 0.15) is 12.5 Å². The molecule has 0 unspecified atom stereocenters. The van der Waals surface area contributed by atoms with Gasteiger partial charge in [0.25, 0.3) is 0 Å². The minimum Gasteiger partial charge on any atom is -0.396 e. The highest BCUT2D eigenvalue weighted by Gasteiger charge is 2.32. The summed E-state index contributed by atoms with van der Waals surface area (Å²) in [5, 5.41) is 14.0. The van der Waals surface area contributed by atoms with Gasteiger partial charge in [0, 0.05) is 44.5 Å². The molecule has 1 fully saturated rings. The van der Waals surface area contributed by atoms with Crippen molar-refractivity contribution in [3.05, 3.63) is 48.0 Å². The molecule has 25 heavy (non-hydrogen) atoms. The van der Waals surface area contributed by atoms with Gasteiger partial charge in [-0.1, -0.05) is 13.0 Å². The summed E-state index contributed by atoms with van der Waals surface area (Å²) >= 11 is 0. The average Bonchev–Trinajstić information content (AvgIpc) is 3.22. The molecule has 2 atom stereocenters. The SMILES string of the molecule is CCN(C)C[C@@H]1CN(Cc2cnn(-c3cccc(F)c3)c2)C[C@@H]1CO. The molecule has 1 aliphatic heterocycles. The minimum atomic E-state index is -0.261. The maximum atomic E-state index is 13.4. The van der Waals surface area contributed by atoms with Crippen LogP contribution >= 0.6 is 0 Å². The number of hydrogen-bond acceptors (Lipinski definition) is 4. The van der Waals surface area contributed by atoms with E-state index >= 15 is 0 Å². The molecule has 1 aliphatic rings. The van der Waals surface area contributed by atoms with Gasteiger partial charge in [-0.3, -0.25) is 4.90 Å². The molecule has 1 N–H and O–H groups in total. The Morgan fingerprint density at radius 1 is 1.32 bits per heavy atom. The normalized spacial score (nSPS) is 21.3. The van der Waals surface area contributed by atoms with Crippen LogP contribution in [0.4, 0.5) is 4.39 Å². The van der Waals surface area contributed by atoms with Gasteiger partial charge in [0.2, 0.25) is 0 Å². The van der Waals surface area contributed by atoms with Gasteiger partial charge < -0.3 is 10.0 Å². The smallest absolute Gasteiger partial charge is 0.125 e. The zero-order chi connectivity index (χ0) is 17.8. The molecular formula is C19H27FN4O. The van der Waals surface area contributed by atoms with E-state index in [1.807, 2.05) is 18.5 Å². The zero-order valence-electron chi connectivity index (χ0n) is 15.0. The Hall–Kier alpha value is -1.76. The van der Waals surface area contributed by atoms with Crippen molar-refractivity contribution in [2.75, 3.05) is 39.8 Å². The van der Waals surface area contributed by atoms with E-state index in [-0.39, 0.29) is 12.4 Å². The van der Waals surface area contributed by atoms with Crippen LogP contribution < -0.4 is 0 Å². The predicted molar refractivity (Wildman–Crippen MR) is 96.0 cm³/mol. The second kappa shape index (κ2) is 8.08. The Balaban J connectivity index is 1.63. The molecule has 1 saturated heterocycles. The maximum Gasteiger partial charge on any atom is 0.125 e. The minimum absolute atomic E-state index is 0.237. The lowest BCUT2D eigenvalue weighted by Gasteiger charge is -2.22. The standard InChI is InChI=1S/C19H27FN4O/c1-3-22(2)11-16-12-23(13-17(16)14-25)9-15-8-21-24(10-15)19-6-4-5-18(20)7-19/h4-8,10,16-17,25H,3,9,11-14H2,1-2H3/t16-,17-/m1/s1. The lowest BCUT2D eigenvalue weighted by atomic mass is 9.96. The van der Waals surface area contributed by atoms with Gasteiger partial charge in [-0.05, 0) is 43.6 Å². The second-order valence-electron chi connectivity index (χ2n) is 7.02. The van der Waals surface area contributed by atoms with Crippen molar-refractivity contribution in [1.82, 2.24) is 19.6 Å². The highest BCUT2D eigenvalue weighted by atomic mass is 19.1. The third-order valence-corrected chi connectivity index (χ3v) is 5.09. The molecule has 6 heteroatoms. The van der Waals surface area contributed by atoms with E-state index in [9.17, 15) is 9.50 Å². The quantitative estimate of drug-likeness (QED) is 0.833. The van der Waals surface area contributed by atoms with E-state index in [4.69, 9.17) is 0 Å². The van der Waals surface area contributed by atoms with Crippen LogP contribution in [0.5, 0.6) is 0 Å². The van der Waals surface area contributed by atoms with Crippen molar-refractivity contribution in [2.24, 2.45) is 11.8 Å². The molecular weight excluding hydrogens is 319 g/mol. The van der Waals surface area contributed by atoms with Crippen molar-refractivity contribution >= 4 is 0 Å². The molecule has 1 aromatic carbocycles. The van der Waals surface area contributed by atoms with E-state index in [0.717, 1.165) is 44.0 Å². The molecule has 0 bridgehead atoms.